The summed E-state index contributed by atoms with van der Waals surface area (Å²) in [5.41, 5.74) is 0.883. The van der Waals surface area contributed by atoms with Gasteiger partial charge in [0.2, 0.25) is 5.95 Å². The van der Waals surface area contributed by atoms with Gasteiger partial charge in [0.15, 0.2) is 0 Å². The minimum Gasteiger partial charge on any atom is -0.395 e. The number of hydrogen-bond acceptors (Lipinski definition) is 6. The Kier molecular flexibility index (Phi) is 4.93. The first-order valence-corrected chi connectivity index (χ1v) is 6.82. The van der Waals surface area contributed by atoms with E-state index >= 15 is 0 Å². The summed E-state index contributed by atoms with van der Waals surface area (Å²) in [4.78, 5) is 8.75. The molecule has 1 heterocycles. The van der Waals surface area contributed by atoms with E-state index in [1.54, 1.807) is 0 Å². The average molecular weight is 266 g/mol. The number of nitrogens with zero attached hydrogens (tertiary/aromatic N) is 2. The highest BCUT2D eigenvalue weighted by Gasteiger charge is 2.19. The van der Waals surface area contributed by atoms with Gasteiger partial charge in [-0.3, -0.25) is 0 Å². The van der Waals surface area contributed by atoms with Gasteiger partial charge in [0.05, 0.1) is 12.7 Å². The molecule has 1 fully saturated rings. The molecule has 6 heteroatoms. The molecule has 1 aromatic heterocycles. The maximum Gasteiger partial charge on any atom is 0.225 e. The molecule has 0 amide bonds. The van der Waals surface area contributed by atoms with Gasteiger partial charge in [-0.2, -0.15) is 4.98 Å². The van der Waals surface area contributed by atoms with Crippen molar-refractivity contribution in [1.82, 2.24) is 9.97 Å². The number of aryl methyl sites for hydroxylation is 1. The van der Waals surface area contributed by atoms with Crippen LogP contribution in [-0.4, -0.2) is 45.5 Å². The Morgan fingerprint density at radius 3 is 2.68 bits per heavy atom. The van der Waals surface area contributed by atoms with Crippen LogP contribution in [-0.2, 0) is 0 Å². The van der Waals surface area contributed by atoms with Crippen molar-refractivity contribution in [2.45, 2.75) is 44.8 Å². The molecule has 0 saturated heterocycles. The zero-order valence-corrected chi connectivity index (χ0v) is 11.3. The molecule has 0 radical (unpaired) electrons. The number of anilines is 2. The normalized spacial score (nSPS) is 23.1. The monoisotopic (exact) mass is 266 g/mol. The van der Waals surface area contributed by atoms with Crippen molar-refractivity contribution in [3.8, 4) is 0 Å². The second-order valence-corrected chi connectivity index (χ2v) is 5.02. The van der Waals surface area contributed by atoms with Crippen molar-refractivity contribution in [1.29, 1.82) is 0 Å². The molecular formula is C13H22N4O2. The minimum absolute atomic E-state index is 0.0757. The summed E-state index contributed by atoms with van der Waals surface area (Å²) < 4.78 is 0. The van der Waals surface area contributed by atoms with Gasteiger partial charge in [-0.1, -0.05) is 0 Å². The second-order valence-electron chi connectivity index (χ2n) is 5.02. The predicted molar refractivity (Wildman–Crippen MR) is 74.2 cm³/mol. The van der Waals surface area contributed by atoms with E-state index in [1.165, 1.54) is 0 Å². The fourth-order valence-electron chi connectivity index (χ4n) is 2.31. The molecule has 0 aromatic carbocycles. The molecule has 1 aromatic rings. The van der Waals surface area contributed by atoms with Gasteiger partial charge in [-0.15, -0.1) is 0 Å². The van der Waals surface area contributed by atoms with Crippen molar-refractivity contribution in [3.63, 3.8) is 0 Å². The lowest BCUT2D eigenvalue weighted by atomic mass is 9.93. The van der Waals surface area contributed by atoms with Gasteiger partial charge in [0.1, 0.15) is 5.82 Å². The predicted octanol–water partition coefficient (Wildman–Crippen LogP) is 0.905. The van der Waals surface area contributed by atoms with Gasteiger partial charge in [-0.25, -0.2) is 4.98 Å². The Morgan fingerprint density at radius 1 is 1.26 bits per heavy atom. The quantitative estimate of drug-likeness (QED) is 0.633. The Hall–Kier alpha value is -1.40. The standard InChI is InChI=1S/C13H22N4O2/c1-9-8-12(14-6-7-18)17-13(15-9)16-10-2-4-11(19)5-3-10/h8,10-11,18-19H,2-7H2,1H3,(H2,14,15,16,17). The van der Waals surface area contributed by atoms with Crippen molar-refractivity contribution < 1.29 is 10.2 Å². The molecule has 0 bridgehead atoms. The summed E-state index contributed by atoms with van der Waals surface area (Å²) in [5, 5.41) is 24.7. The summed E-state index contributed by atoms with van der Waals surface area (Å²) >= 11 is 0. The maximum atomic E-state index is 9.49. The van der Waals surface area contributed by atoms with Crippen LogP contribution >= 0.6 is 0 Å². The van der Waals surface area contributed by atoms with Crippen LogP contribution in [0.3, 0.4) is 0 Å². The molecule has 1 saturated carbocycles. The fraction of sp³-hybridized carbons (Fsp3) is 0.692. The second kappa shape index (κ2) is 6.68. The number of hydrogen-bond donors (Lipinski definition) is 4. The molecule has 4 N–H and O–H groups in total. The molecule has 6 nitrogen and oxygen atoms in total. The van der Waals surface area contributed by atoms with Crippen molar-refractivity contribution >= 4 is 11.8 Å². The number of aliphatic hydroxyl groups excluding tert-OH is 2. The van der Waals surface area contributed by atoms with E-state index in [2.05, 4.69) is 20.6 Å². The fourth-order valence-corrected chi connectivity index (χ4v) is 2.31. The van der Waals surface area contributed by atoms with E-state index in [9.17, 15) is 5.11 Å². The summed E-state index contributed by atoms with van der Waals surface area (Å²) in [6.45, 7) is 2.47. The van der Waals surface area contributed by atoms with Crippen LogP contribution < -0.4 is 10.6 Å². The molecule has 1 aliphatic carbocycles. The third-order valence-electron chi connectivity index (χ3n) is 3.30. The lowest BCUT2D eigenvalue weighted by molar-refractivity contribution is 0.126. The van der Waals surface area contributed by atoms with Crippen molar-refractivity contribution in [2.24, 2.45) is 0 Å². The van der Waals surface area contributed by atoms with E-state index in [1.807, 2.05) is 13.0 Å². The highest BCUT2D eigenvalue weighted by atomic mass is 16.3. The van der Waals surface area contributed by atoms with Crippen LogP contribution in [0.15, 0.2) is 6.07 Å². The molecule has 1 aliphatic rings. The van der Waals surface area contributed by atoms with E-state index in [0.29, 0.717) is 18.5 Å². The topological polar surface area (TPSA) is 90.3 Å². The van der Waals surface area contributed by atoms with Crippen LogP contribution in [0, 0.1) is 6.92 Å². The average Bonchev–Trinajstić information content (AvgIpc) is 2.38. The first kappa shape index (κ1) is 14.0. The van der Waals surface area contributed by atoms with Crippen LogP contribution in [0.1, 0.15) is 31.4 Å². The van der Waals surface area contributed by atoms with Gasteiger partial charge in [0.25, 0.3) is 0 Å². The van der Waals surface area contributed by atoms with Gasteiger partial charge >= 0.3 is 0 Å². The highest BCUT2D eigenvalue weighted by Crippen LogP contribution is 2.21. The molecule has 0 atom stereocenters. The highest BCUT2D eigenvalue weighted by molar-refractivity contribution is 5.42. The number of rotatable bonds is 5. The molecule has 19 heavy (non-hydrogen) atoms. The third kappa shape index (κ3) is 4.33. The molecule has 2 rings (SSSR count). The third-order valence-corrected chi connectivity index (χ3v) is 3.30. The van der Waals surface area contributed by atoms with Crippen LogP contribution in [0.5, 0.6) is 0 Å². The lowest BCUT2D eigenvalue weighted by Gasteiger charge is -2.26. The molecule has 106 valence electrons. The van der Waals surface area contributed by atoms with Crippen LogP contribution in [0.2, 0.25) is 0 Å². The number of nitrogens with one attached hydrogen (secondary N) is 2. The maximum absolute atomic E-state index is 9.49. The van der Waals surface area contributed by atoms with Crippen molar-refractivity contribution in [3.05, 3.63) is 11.8 Å². The zero-order valence-electron chi connectivity index (χ0n) is 11.3. The van der Waals surface area contributed by atoms with E-state index in [-0.39, 0.29) is 12.7 Å². The first-order valence-electron chi connectivity index (χ1n) is 6.82. The molecule has 0 unspecified atom stereocenters. The molecule has 0 spiro atoms. The van der Waals surface area contributed by atoms with Gasteiger partial charge in [0, 0.05) is 24.3 Å². The number of aliphatic hydroxyl groups is 2. The summed E-state index contributed by atoms with van der Waals surface area (Å²) in [7, 11) is 0. The summed E-state index contributed by atoms with van der Waals surface area (Å²) in [6, 6.07) is 2.18. The van der Waals surface area contributed by atoms with Gasteiger partial charge in [-0.05, 0) is 32.6 Å². The Balaban J connectivity index is 1.97. The summed E-state index contributed by atoms with van der Waals surface area (Å²) in [5.74, 6) is 1.33. The van der Waals surface area contributed by atoms with Gasteiger partial charge < -0.3 is 20.8 Å². The SMILES string of the molecule is Cc1cc(NCCO)nc(NC2CCC(O)CC2)n1. The smallest absolute Gasteiger partial charge is 0.225 e. The Bertz CT molecular complexity index is 406. The molecule has 0 aliphatic heterocycles. The van der Waals surface area contributed by atoms with Crippen molar-refractivity contribution in [2.75, 3.05) is 23.8 Å². The van der Waals surface area contributed by atoms with E-state index < -0.39 is 0 Å². The Labute approximate surface area is 113 Å². The summed E-state index contributed by atoms with van der Waals surface area (Å²) in [6.07, 6.45) is 3.40. The lowest BCUT2D eigenvalue weighted by Crippen LogP contribution is -2.29. The minimum atomic E-state index is -0.154. The van der Waals surface area contributed by atoms with E-state index in [4.69, 9.17) is 5.11 Å². The van der Waals surface area contributed by atoms with Crippen LogP contribution in [0.4, 0.5) is 11.8 Å². The van der Waals surface area contributed by atoms with Crippen LogP contribution in [0.25, 0.3) is 0 Å². The van der Waals surface area contributed by atoms with E-state index in [0.717, 1.165) is 37.2 Å². The zero-order chi connectivity index (χ0) is 13.7. The molecular weight excluding hydrogens is 244 g/mol. The number of aromatic nitrogens is 2. The Morgan fingerprint density at radius 2 is 2.00 bits per heavy atom. The largest absolute Gasteiger partial charge is 0.395 e. The first-order chi connectivity index (χ1) is 9.17.